The highest BCUT2D eigenvalue weighted by Crippen LogP contribution is 2.32. The average molecular weight is 401 g/mol. The molecule has 0 saturated heterocycles. The largest absolute Gasteiger partial charge is 0.411 e. The Hall–Kier alpha value is -1.68. The molecule has 0 amide bonds. The number of carbonyl (C=O) groups excluding carboxylic acids is 1. The van der Waals surface area contributed by atoms with E-state index in [1.54, 1.807) is 6.07 Å². The van der Waals surface area contributed by atoms with Crippen molar-refractivity contribution in [2.45, 2.75) is 30.2 Å². The first kappa shape index (κ1) is 22.4. The van der Waals surface area contributed by atoms with Gasteiger partial charge in [-0.1, -0.05) is 36.4 Å². The highest BCUT2D eigenvalue weighted by Gasteiger charge is 2.42. The van der Waals surface area contributed by atoms with E-state index in [0.29, 0.717) is 6.42 Å². The monoisotopic (exact) mass is 401 g/mol. The van der Waals surface area contributed by atoms with Gasteiger partial charge in [0.05, 0.1) is 6.54 Å². The lowest BCUT2D eigenvalue weighted by molar-refractivity contribution is -0.283. The van der Waals surface area contributed by atoms with E-state index in [1.165, 1.54) is 30.3 Å². The zero-order chi connectivity index (χ0) is 19.7. The van der Waals surface area contributed by atoms with Gasteiger partial charge in [0.2, 0.25) is 6.08 Å². The van der Waals surface area contributed by atoms with Crippen molar-refractivity contribution in [2.24, 2.45) is 4.99 Å². The summed E-state index contributed by atoms with van der Waals surface area (Å²) in [7, 11) is -1.78. The fraction of sp³-hybridized carbons (Fsp3) is 0.533. The second-order valence-electron chi connectivity index (χ2n) is 5.36. The van der Waals surface area contributed by atoms with Gasteiger partial charge in [-0.15, -0.1) is 0 Å². The Labute approximate surface area is 148 Å². The van der Waals surface area contributed by atoms with Gasteiger partial charge in [-0.3, -0.25) is 0 Å². The van der Waals surface area contributed by atoms with Crippen LogP contribution in [-0.4, -0.2) is 47.7 Å². The molecule has 0 spiro atoms. The van der Waals surface area contributed by atoms with Gasteiger partial charge >= 0.3 is 12.4 Å². The molecule has 0 aliphatic carbocycles. The molecule has 0 radical (unpaired) electrons. The SMILES string of the molecule is O=C=NCCC[SiH2]C(OCC(F)(F)F)(OCC(F)(F)F)c1ccccc1. The van der Waals surface area contributed by atoms with E-state index >= 15 is 0 Å². The molecule has 0 aliphatic rings. The molecule has 146 valence electrons. The number of rotatable bonds is 10. The smallest absolute Gasteiger partial charge is 0.341 e. The van der Waals surface area contributed by atoms with Crippen molar-refractivity contribution in [1.82, 2.24) is 0 Å². The van der Waals surface area contributed by atoms with Gasteiger partial charge in [0.1, 0.15) is 22.7 Å². The molecule has 1 aromatic carbocycles. The quantitative estimate of drug-likeness (QED) is 0.151. The molecule has 0 aliphatic heterocycles. The number of halogens is 6. The van der Waals surface area contributed by atoms with Gasteiger partial charge in [0.15, 0.2) is 5.41 Å². The summed E-state index contributed by atoms with van der Waals surface area (Å²) < 4.78 is 85.5. The molecule has 0 unspecified atom stereocenters. The maximum absolute atomic E-state index is 12.6. The topological polar surface area (TPSA) is 47.9 Å². The van der Waals surface area contributed by atoms with Crippen LogP contribution in [0.1, 0.15) is 12.0 Å². The van der Waals surface area contributed by atoms with Gasteiger partial charge in [-0.2, -0.15) is 26.3 Å². The average Bonchev–Trinajstić information content (AvgIpc) is 2.56. The van der Waals surface area contributed by atoms with E-state index in [1.807, 2.05) is 0 Å². The highest BCUT2D eigenvalue weighted by molar-refractivity contribution is 6.38. The minimum Gasteiger partial charge on any atom is -0.341 e. The molecule has 0 bridgehead atoms. The van der Waals surface area contributed by atoms with Crippen molar-refractivity contribution in [2.75, 3.05) is 19.8 Å². The molecule has 0 saturated carbocycles. The summed E-state index contributed by atoms with van der Waals surface area (Å²) in [5.41, 5.74) is -1.99. The van der Waals surface area contributed by atoms with Crippen LogP contribution in [0, 0.1) is 0 Å². The summed E-state index contributed by atoms with van der Waals surface area (Å²) in [6.45, 7) is -3.39. The summed E-state index contributed by atoms with van der Waals surface area (Å²) in [4.78, 5) is 13.3. The van der Waals surface area contributed by atoms with Gasteiger partial charge in [-0.05, 0) is 6.42 Å². The maximum atomic E-state index is 12.6. The second kappa shape index (κ2) is 9.86. The second-order valence-corrected chi connectivity index (χ2v) is 7.49. The molecule has 26 heavy (non-hydrogen) atoms. The number of benzene rings is 1. The Morgan fingerprint density at radius 3 is 1.96 bits per heavy atom. The molecular weight excluding hydrogens is 384 g/mol. The Bertz CT molecular complexity index is 569. The van der Waals surface area contributed by atoms with Crippen LogP contribution >= 0.6 is 0 Å². The van der Waals surface area contributed by atoms with E-state index in [0.717, 1.165) is 0 Å². The molecule has 0 fully saturated rings. The summed E-state index contributed by atoms with van der Waals surface area (Å²) in [5, 5.41) is 0. The van der Waals surface area contributed by atoms with Crippen LogP contribution in [-0.2, 0) is 19.7 Å². The predicted octanol–water partition coefficient (Wildman–Crippen LogP) is 3.27. The number of ether oxygens (including phenoxy) is 2. The fourth-order valence-corrected chi connectivity index (χ4v) is 4.14. The third-order valence-corrected chi connectivity index (χ3v) is 5.57. The normalized spacial score (nSPS) is 13.2. The zero-order valence-electron chi connectivity index (χ0n) is 13.6. The first-order valence-electron chi connectivity index (χ1n) is 7.58. The van der Waals surface area contributed by atoms with Gasteiger partial charge in [0.25, 0.3) is 0 Å². The lowest BCUT2D eigenvalue weighted by atomic mass is 10.2. The lowest BCUT2D eigenvalue weighted by Gasteiger charge is -2.35. The molecule has 4 nitrogen and oxygen atoms in total. The first-order valence-corrected chi connectivity index (χ1v) is 9.29. The van der Waals surface area contributed by atoms with Crippen LogP contribution in [0.3, 0.4) is 0 Å². The van der Waals surface area contributed by atoms with Crippen LogP contribution in [0.15, 0.2) is 35.3 Å². The number of hydrogen-bond acceptors (Lipinski definition) is 4. The van der Waals surface area contributed by atoms with Gasteiger partial charge in [0, 0.05) is 5.56 Å². The lowest BCUT2D eigenvalue weighted by Crippen LogP contribution is -2.44. The van der Waals surface area contributed by atoms with Crippen molar-refractivity contribution in [3.05, 3.63) is 35.9 Å². The molecule has 0 heterocycles. The van der Waals surface area contributed by atoms with E-state index in [9.17, 15) is 31.1 Å². The number of isocyanates is 1. The molecule has 0 N–H and O–H groups in total. The zero-order valence-corrected chi connectivity index (χ0v) is 15.0. The maximum Gasteiger partial charge on any atom is 0.411 e. The van der Waals surface area contributed by atoms with E-state index in [4.69, 9.17) is 9.47 Å². The minimum absolute atomic E-state index is 0.0832. The van der Waals surface area contributed by atoms with Crippen molar-refractivity contribution in [3.63, 3.8) is 0 Å². The molecular formula is C15H17F6NO3Si. The van der Waals surface area contributed by atoms with Crippen molar-refractivity contribution in [1.29, 1.82) is 0 Å². The van der Waals surface area contributed by atoms with Crippen LogP contribution in [0.25, 0.3) is 0 Å². The van der Waals surface area contributed by atoms with E-state index < -0.39 is 40.5 Å². The molecule has 0 aromatic heterocycles. The Morgan fingerprint density at radius 2 is 1.50 bits per heavy atom. The van der Waals surface area contributed by atoms with Gasteiger partial charge in [-0.25, -0.2) is 9.79 Å². The fourth-order valence-electron chi connectivity index (χ4n) is 2.18. The summed E-state index contributed by atoms with van der Waals surface area (Å²) in [5.74, 6) is 0. The predicted molar refractivity (Wildman–Crippen MR) is 83.1 cm³/mol. The number of alkyl halides is 6. The minimum atomic E-state index is -4.72. The first-order chi connectivity index (χ1) is 12.1. The Kier molecular flexibility index (Phi) is 8.48. The molecule has 1 rings (SSSR count). The van der Waals surface area contributed by atoms with Crippen LogP contribution in [0.4, 0.5) is 26.3 Å². The van der Waals surface area contributed by atoms with Gasteiger partial charge < -0.3 is 9.47 Å². The van der Waals surface area contributed by atoms with Crippen LogP contribution in [0.2, 0.25) is 6.04 Å². The Morgan fingerprint density at radius 1 is 0.962 bits per heavy atom. The summed E-state index contributed by atoms with van der Waals surface area (Å²) in [6, 6.07) is 7.51. The Balaban J connectivity index is 3.06. The molecule has 1 aromatic rings. The third-order valence-electron chi connectivity index (χ3n) is 3.24. The van der Waals surface area contributed by atoms with Crippen LogP contribution < -0.4 is 0 Å². The third kappa shape index (κ3) is 8.61. The van der Waals surface area contributed by atoms with Crippen molar-refractivity contribution < 1.29 is 40.6 Å². The van der Waals surface area contributed by atoms with Crippen LogP contribution in [0.5, 0.6) is 0 Å². The standard InChI is InChI=1S/C15H17F6NO3Si/c16-13(17,18)9-24-15(25-10-14(19,20)21,12-5-2-1-3-6-12)26-8-4-7-22-11-23/h1-3,5-6H,4,7-10,26H2. The summed E-state index contributed by atoms with van der Waals surface area (Å²) in [6.07, 6.45) is -7.82. The van der Waals surface area contributed by atoms with E-state index in [-0.39, 0.29) is 18.2 Å². The molecule has 0 atom stereocenters. The van der Waals surface area contributed by atoms with Crippen molar-refractivity contribution >= 4 is 15.6 Å². The highest BCUT2D eigenvalue weighted by atomic mass is 28.2. The van der Waals surface area contributed by atoms with E-state index in [2.05, 4.69) is 4.99 Å². The molecule has 11 heteroatoms. The summed E-state index contributed by atoms with van der Waals surface area (Å²) >= 11 is 0. The number of nitrogens with zero attached hydrogens (tertiary/aromatic N) is 1. The number of hydrogen-bond donors (Lipinski definition) is 0. The van der Waals surface area contributed by atoms with Crippen molar-refractivity contribution in [3.8, 4) is 0 Å². The number of aliphatic imine (C=N–C) groups is 1.